The molecule has 3 heteroatoms. The number of likely N-dealkylation sites (tertiary alicyclic amines) is 1. The van der Waals surface area contributed by atoms with Crippen LogP contribution in [0.3, 0.4) is 0 Å². The van der Waals surface area contributed by atoms with Crippen LogP contribution in [0.4, 0.5) is 0 Å². The number of hydrogen-bond donors (Lipinski definition) is 0. The van der Waals surface area contributed by atoms with Gasteiger partial charge in [-0.1, -0.05) is 12.1 Å². The number of carbonyl (C=O) groups is 1. The van der Waals surface area contributed by atoms with Gasteiger partial charge in [-0.2, -0.15) is 0 Å². The number of ether oxygens (including phenoxy) is 1. The highest BCUT2D eigenvalue weighted by molar-refractivity contribution is 5.96. The maximum Gasteiger partial charge on any atom is 0.163 e. The van der Waals surface area contributed by atoms with E-state index in [1.807, 2.05) is 24.3 Å². The van der Waals surface area contributed by atoms with Crippen molar-refractivity contribution in [1.82, 2.24) is 4.90 Å². The zero-order chi connectivity index (χ0) is 13.1. The van der Waals surface area contributed by atoms with Crippen molar-refractivity contribution in [2.45, 2.75) is 26.3 Å². The first-order valence-electron chi connectivity index (χ1n) is 6.51. The average molecular weight is 247 g/mol. The quantitative estimate of drug-likeness (QED) is 0.749. The summed E-state index contributed by atoms with van der Waals surface area (Å²) in [5.74, 6) is 1.49. The van der Waals surface area contributed by atoms with E-state index in [9.17, 15) is 4.79 Å². The van der Waals surface area contributed by atoms with Crippen molar-refractivity contribution in [3.63, 3.8) is 0 Å². The molecule has 0 unspecified atom stereocenters. The highest BCUT2D eigenvalue weighted by Crippen LogP contribution is 2.24. The molecule has 0 radical (unpaired) electrons. The first kappa shape index (κ1) is 13.1. The number of methoxy groups -OCH3 is 1. The van der Waals surface area contributed by atoms with Crippen LogP contribution in [-0.4, -0.2) is 36.9 Å². The van der Waals surface area contributed by atoms with Crippen LogP contribution in [0.1, 0.15) is 30.6 Å². The molecule has 3 nitrogen and oxygen atoms in total. The highest BCUT2D eigenvalue weighted by Gasteiger charge is 2.30. The number of benzene rings is 1. The van der Waals surface area contributed by atoms with E-state index in [-0.39, 0.29) is 5.78 Å². The zero-order valence-electron chi connectivity index (χ0n) is 11.3. The van der Waals surface area contributed by atoms with E-state index < -0.39 is 0 Å². The summed E-state index contributed by atoms with van der Waals surface area (Å²) in [4.78, 5) is 14.5. The average Bonchev–Trinajstić information content (AvgIpc) is 2.32. The summed E-state index contributed by atoms with van der Waals surface area (Å²) in [7, 11) is 1.62. The molecule has 0 aromatic heterocycles. The first-order chi connectivity index (χ1) is 8.60. The van der Waals surface area contributed by atoms with Gasteiger partial charge in [-0.05, 0) is 31.9 Å². The number of ketones is 1. The second-order valence-corrected chi connectivity index (χ2v) is 5.27. The third kappa shape index (κ3) is 2.91. The fraction of sp³-hybridized carbons (Fsp3) is 0.533. The fourth-order valence-electron chi connectivity index (χ4n) is 2.34. The van der Waals surface area contributed by atoms with Gasteiger partial charge in [0.2, 0.25) is 0 Å². The number of nitrogens with zero attached hydrogens (tertiary/aromatic N) is 1. The lowest BCUT2D eigenvalue weighted by atomic mass is 9.90. The first-order valence-corrected chi connectivity index (χ1v) is 6.51. The Morgan fingerprint density at radius 1 is 1.44 bits per heavy atom. The molecule has 2 rings (SSSR count). The Bertz CT molecular complexity index is 422. The minimum absolute atomic E-state index is 0.224. The number of rotatable bonds is 5. The van der Waals surface area contributed by atoms with E-state index >= 15 is 0 Å². The number of hydrogen-bond acceptors (Lipinski definition) is 3. The van der Waals surface area contributed by atoms with E-state index in [4.69, 9.17) is 4.74 Å². The molecule has 18 heavy (non-hydrogen) atoms. The standard InChI is InChI=1S/C15H21NO2/c1-11(2)16-9-12(10-16)7-15(17)13-5-4-6-14(8-13)18-3/h4-6,8,11-12H,7,9-10H2,1-3H3. The van der Waals surface area contributed by atoms with Crippen LogP contribution in [0, 0.1) is 5.92 Å². The molecule has 98 valence electrons. The minimum atomic E-state index is 0.224. The Labute approximate surface area is 109 Å². The Kier molecular flexibility index (Phi) is 4.02. The Morgan fingerprint density at radius 2 is 2.17 bits per heavy atom. The van der Waals surface area contributed by atoms with Crippen molar-refractivity contribution in [3.8, 4) is 5.75 Å². The maximum absolute atomic E-state index is 12.1. The van der Waals surface area contributed by atoms with Gasteiger partial charge in [0.15, 0.2) is 5.78 Å². The summed E-state index contributed by atoms with van der Waals surface area (Å²) >= 11 is 0. The summed E-state index contributed by atoms with van der Waals surface area (Å²) in [6.45, 7) is 6.49. The smallest absolute Gasteiger partial charge is 0.163 e. The van der Waals surface area contributed by atoms with Crippen LogP contribution in [0.25, 0.3) is 0 Å². The molecule has 1 aromatic rings. The Morgan fingerprint density at radius 3 is 2.78 bits per heavy atom. The maximum atomic E-state index is 12.1. The molecule has 1 aliphatic rings. The molecular weight excluding hydrogens is 226 g/mol. The van der Waals surface area contributed by atoms with E-state index in [1.165, 1.54) is 0 Å². The van der Waals surface area contributed by atoms with Gasteiger partial charge in [0.1, 0.15) is 5.75 Å². The van der Waals surface area contributed by atoms with Crippen LogP contribution < -0.4 is 4.74 Å². The molecule has 1 aliphatic heterocycles. The van der Waals surface area contributed by atoms with Gasteiger partial charge in [0, 0.05) is 31.1 Å². The van der Waals surface area contributed by atoms with E-state index in [2.05, 4.69) is 18.7 Å². The molecule has 0 bridgehead atoms. The SMILES string of the molecule is COc1cccc(C(=O)CC2CN(C(C)C)C2)c1. The third-order valence-corrected chi connectivity index (χ3v) is 3.58. The van der Waals surface area contributed by atoms with Crippen molar-refractivity contribution in [2.75, 3.05) is 20.2 Å². The van der Waals surface area contributed by atoms with Gasteiger partial charge < -0.3 is 9.64 Å². The summed E-state index contributed by atoms with van der Waals surface area (Å²) in [6.07, 6.45) is 0.649. The van der Waals surface area contributed by atoms with Gasteiger partial charge in [-0.3, -0.25) is 4.79 Å². The largest absolute Gasteiger partial charge is 0.497 e. The lowest BCUT2D eigenvalue weighted by Crippen LogP contribution is -2.50. The number of Topliss-reactive ketones (excluding diaryl/α,β-unsaturated/α-hetero) is 1. The molecule has 0 N–H and O–H groups in total. The van der Waals surface area contributed by atoms with Gasteiger partial charge >= 0.3 is 0 Å². The van der Waals surface area contributed by atoms with Gasteiger partial charge in [-0.15, -0.1) is 0 Å². The molecule has 1 fully saturated rings. The second-order valence-electron chi connectivity index (χ2n) is 5.27. The molecule has 0 spiro atoms. The van der Waals surface area contributed by atoms with Crippen LogP contribution >= 0.6 is 0 Å². The van der Waals surface area contributed by atoms with Crippen molar-refractivity contribution < 1.29 is 9.53 Å². The molecule has 1 saturated heterocycles. The zero-order valence-corrected chi connectivity index (χ0v) is 11.3. The van der Waals surface area contributed by atoms with E-state index in [1.54, 1.807) is 7.11 Å². The Hall–Kier alpha value is -1.35. The third-order valence-electron chi connectivity index (χ3n) is 3.58. The van der Waals surface area contributed by atoms with Gasteiger partial charge in [0.05, 0.1) is 7.11 Å². The van der Waals surface area contributed by atoms with Crippen molar-refractivity contribution in [1.29, 1.82) is 0 Å². The Balaban J connectivity index is 1.89. The predicted octanol–water partition coefficient (Wildman–Crippen LogP) is 2.61. The minimum Gasteiger partial charge on any atom is -0.497 e. The topological polar surface area (TPSA) is 29.5 Å². The summed E-state index contributed by atoms with van der Waals surface area (Å²) in [6, 6.07) is 8.01. The predicted molar refractivity (Wildman–Crippen MR) is 72.1 cm³/mol. The van der Waals surface area contributed by atoms with E-state index in [0.717, 1.165) is 24.4 Å². The lowest BCUT2D eigenvalue weighted by Gasteiger charge is -2.41. The van der Waals surface area contributed by atoms with Gasteiger partial charge in [0.25, 0.3) is 0 Å². The molecule has 0 aliphatic carbocycles. The molecular formula is C15H21NO2. The fourth-order valence-corrected chi connectivity index (χ4v) is 2.34. The highest BCUT2D eigenvalue weighted by atomic mass is 16.5. The van der Waals surface area contributed by atoms with Crippen LogP contribution in [0.5, 0.6) is 5.75 Å². The number of carbonyl (C=O) groups excluding carboxylic acids is 1. The van der Waals surface area contributed by atoms with E-state index in [0.29, 0.717) is 18.4 Å². The monoisotopic (exact) mass is 247 g/mol. The summed E-state index contributed by atoms with van der Waals surface area (Å²) in [5.41, 5.74) is 0.761. The molecule has 0 atom stereocenters. The van der Waals surface area contributed by atoms with Crippen molar-refractivity contribution in [2.24, 2.45) is 5.92 Å². The van der Waals surface area contributed by atoms with Crippen LogP contribution in [0.2, 0.25) is 0 Å². The van der Waals surface area contributed by atoms with Crippen LogP contribution in [0.15, 0.2) is 24.3 Å². The molecule has 1 heterocycles. The van der Waals surface area contributed by atoms with Crippen molar-refractivity contribution in [3.05, 3.63) is 29.8 Å². The molecule has 1 aromatic carbocycles. The normalized spacial score (nSPS) is 16.7. The van der Waals surface area contributed by atoms with Crippen LogP contribution in [-0.2, 0) is 0 Å². The van der Waals surface area contributed by atoms with Gasteiger partial charge in [-0.25, -0.2) is 0 Å². The molecule has 0 amide bonds. The molecule has 0 saturated carbocycles. The summed E-state index contributed by atoms with van der Waals surface area (Å²) in [5, 5.41) is 0. The second kappa shape index (κ2) is 5.53. The van der Waals surface area contributed by atoms with Crippen molar-refractivity contribution >= 4 is 5.78 Å². The lowest BCUT2D eigenvalue weighted by molar-refractivity contribution is 0.0562. The summed E-state index contributed by atoms with van der Waals surface area (Å²) < 4.78 is 5.14.